The van der Waals surface area contributed by atoms with Crippen LogP contribution >= 0.6 is 0 Å². The normalized spacial score (nSPS) is 14.5. The van der Waals surface area contributed by atoms with Crippen molar-refractivity contribution in [2.45, 2.75) is 6.54 Å². The van der Waals surface area contributed by atoms with E-state index in [-0.39, 0.29) is 13.6 Å². The third-order valence-electron chi connectivity index (χ3n) is 3.42. The van der Waals surface area contributed by atoms with Gasteiger partial charge in [-0.2, -0.15) is 5.10 Å². The van der Waals surface area contributed by atoms with Gasteiger partial charge in [0, 0.05) is 0 Å². The Balaban J connectivity index is 1.36. The maximum absolute atomic E-state index is 5.34. The van der Waals surface area contributed by atoms with Gasteiger partial charge in [-0.1, -0.05) is 6.07 Å². The molecule has 1 N–H and O–H groups in total. The zero-order chi connectivity index (χ0) is 14.8. The van der Waals surface area contributed by atoms with Gasteiger partial charge in [0.2, 0.25) is 13.6 Å². The van der Waals surface area contributed by atoms with Crippen molar-refractivity contribution in [3.05, 3.63) is 47.5 Å². The summed E-state index contributed by atoms with van der Waals surface area (Å²) in [6.45, 7) is 1.17. The maximum atomic E-state index is 5.34. The summed E-state index contributed by atoms with van der Waals surface area (Å²) < 4.78 is 21.2. The Hall–Kier alpha value is -2.89. The molecule has 6 nitrogen and oxygen atoms in total. The van der Waals surface area contributed by atoms with Crippen molar-refractivity contribution in [1.82, 2.24) is 5.43 Å². The molecule has 0 aliphatic carbocycles. The van der Waals surface area contributed by atoms with Gasteiger partial charge in [0.05, 0.1) is 12.8 Å². The number of nitrogens with zero attached hydrogens (tertiary/aromatic N) is 1. The molecule has 0 atom stereocenters. The third kappa shape index (κ3) is 2.50. The van der Waals surface area contributed by atoms with Gasteiger partial charge in [0.15, 0.2) is 23.0 Å². The van der Waals surface area contributed by atoms with E-state index in [0.29, 0.717) is 6.54 Å². The number of fused-ring (bicyclic) bond motifs is 2. The molecule has 2 aliphatic rings. The van der Waals surface area contributed by atoms with E-state index in [1.54, 1.807) is 6.21 Å². The summed E-state index contributed by atoms with van der Waals surface area (Å²) >= 11 is 0. The molecular weight excluding hydrogens is 284 g/mol. The van der Waals surface area contributed by atoms with E-state index in [9.17, 15) is 0 Å². The minimum atomic E-state index is 0.276. The van der Waals surface area contributed by atoms with Gasteiger partial charge in [-0.25, -0.2) is 0 Å². The van der Waals surface area contributed by atoms with Crippen LogP contribution in [-0.4, -0.2) is 19.8 Å². The molecule has 0 bridgehead atoms. The molecule has 22 heavy (non-hydrogen) atoms. The number of hydrogen-bond acceptors (Lipinski definition) is 6. The standard InChI is InChI=1S/C16H14N2O4/c1-3-13-15(21-9-19-13)5-11(1)7-17-18-8-12-2-4-14-16(6-12)22-10-20-14/h1-7,18H,8-10H2/b17-7-. The van der Waals surface area contributed by atoms with Gasteiger partial charge in [-0.05, 0) is 41.5 Å². The highest BCUT2D eigenvalue weighted by Gasteiger charge is 2.13. The highest BCUT2D eigenvalue weighted by molar-refractivity contribution is 5.80. The Kier molecular flexibility index (Phi) is 3.19. The van der Waals surface area contributed by atoms with Crippen molar-refractivity contribution in [3.63, 3.8) is 0 Å². The molecule has 2 aromatic carbocycles. The predicted octanol–water partition coefficient (Wildman–Crippen LogP) is 2.27. The van der Waals surface area contributed by atoms with Gasteiger partial charge >= 0.3 is 0 Å². The lowest BCUT2D eigenvalue weighted by Gasteiger charge is -2.03. The molecule has 4 rings (SSSR count). The van der Waals surface area contributed by atoms with E-state index in [0.717, 1.165) is 34.1 Å². The lowest BCUT2D eigenvalue weighted by atomic mass is 10.2. The van der Waals surface area contributed by atoms with Crippen molar-refractivity contribution < 1.29 is 18.9 Å². The van der Waals surface area contributed by atoms with Gasteiger partial charge in [-0.3, -0.25) is 0 Å². The second kappa shape index (κ2) is 5.48. The third-order valence-corrected chi connectivity index (χ3v) is 3.42. The molecule has 0 saturated heterocycles. The average Bonchev–Trinajstić information content (AvgIpc) is 3.19. The number of benzene rings is 2. The van der Waals surface area contributed by atoms with Crippen LogP contribution < -0.4 is 24.4 Å². The number of rotatable bonds is 4. The van der Waals surface area contributed by atoms with E-state index in [4.69, 9.17) is 18.9 Å². The summed E-state index contributed by atoms with van der Waals surface area (Å²) in [5.41, 5.74) is 5.03. The highest BCUT2D eigenvalue weighted by atomic mass is 16.7. The number of hydrazone groups is 1. The van der Waals surface area contributed by atoms with Crippen LogP contribution in [0.2, 0.25) is 0 Å². The summed E-state index contributed by atoms with van der Waals surface area (Å²) in [6, 6.07) is 11.5. The van der Waals surface area contributed by atoms with Crippen molar-refractivity contribution >= 4 is 6.21 Å². The molecule has 6 heteroatoms. The van der Waals surface area contributed by atoms with E-state index in [1.807, 2.05) is 36.4 Å². The Bertz CT molecular complexity index is 730. The first-order valence-electron chi connectivity index (χ1n) is 6.92. The summed E-state index contributed by atoms with van der Waals surface area (Å²) in [4.78, 5) is 0. The second-order valence-corrected chi connectivity index (χ2v) is 4.89. The summed E-state index contributed by atoms with van der Waals surface area (Å²) in [5.74, 6) is 3.08. The molecule has 2 heterocycles. The lowest BCUT2D eigenvalue weighted by molar-refractivity contribution is 0.173. The summed E-state index contributed by atoms with van der Waals surface area (Å²) in [7, 11) is 0. The van der Waals surface area contributed by atoms with Crippen LogP contribution in [0.4, 0.5) is 0 Å². The fourth-order valence-electron chi connectivity index (χ4n) is 2.30. The van der Waals surface area contributed by atoms with Gasteiger partial charge in [0.1, 0.15) is 0 Å². The fourth-order valence-corrected chi connectivity index (χ4v) is 2.30. The van der Waals surface area contributed by atoms with Crippen LogP contribution in [0.15, 0.2) is 41.5 Å². The van der Waals surface area contributed by atoms with Crippen LogP contribution in [-0.2, 0) is 6.54 Å². The number of ether oxygens (including phenoxy) is 4. The Morgan fingerprint density at radius 1 is 0.864 bits per heavy atom. The average molecular weight is 298 g/mol. The minimum absolute atomic E-state index is 0.276. The molecule has 2 aliphatic heterocycles. The van der Waals surface area contributed by atoms with Crippen LogP contribution in [0.5, 0.6) is 23.0 Å². The molecule has 0 aromatic heterocycles. The minimum Gasteiger partial charge on any atom is -0.454 e. The zero-order valence-corrected chi connectivity index (χ0v) is 11.7. The summed E-state index contributed by atoms with van der Waals surface area (Å²) in [6.07, 6.45) is 1.74. The molecule has 0 fully saturated rings. The Morgan fingerprint density at radius 3 is 2.36 bits per heavy atom. The van der Waals surface area contributed by atoms with E-state index in [1.165, 1.54) is 0 Å². The first kappa shape index (κ1) is 12.8. The largest absolute Gasteiger partial charge is 0.454 e. The quantitative estimate of drug-likeness (QED) is 0.693. The molecule has 0 radical (unpaired) electrons. The van der Waals surface area contributed by atoms with Crippen molar-refractivity contribution in [1.29, 1.82) is 0 Å². The molecule has 112 valence electrons. The molecule has 0 unspecified atom stereocenters. The van der Waals surface area contributed by atoms with Crippen molar-refractivity contribution in [3.8, 4) is 23.0 Å². The SMILES string of the molecule is C(=N/NCc1ccc2c(c1)OCO2)/c1ccc2c(c1)OCO2. The molecule has 0 amide bonds. The predicted molar refractivity (Wildman–Crippen MR) is 79.6 cm³/mol. The second-order valence-electron chi connectivity index (χ2n) is 4.89. The van der Waals surface area contributed by atoms with E-state index < -0.39 is 0 Å². The van der Waals surface area contributed by atoms with Crippen molar-refractivity contribution in [2.24, 2.45) is 5.10 Å². The first-order valence-corrected chi connectivity index (χ1v) is 6.92. The number of nitrogens with one attached hydrogen (secondary N) is 1. The van der Waals surface area contributed by atoms with Crippen LogP contribution in [0.1, 0.15) is 11.1 Å². The lowest BCUT2D eigenvalue weighted by Crippen LogP contribution is -2.05. The first-order chi connectivity index (χ1) is 10.9. The van der Waals surface area contributed by atoms with Crippen molar-refractivity contribution in [2.75, 3.05) is 13.6 Å². The fraction of sp³-hybridized carbons (Fsp3) is 0.188. The van der Waals surface area contributed by atoms with E-state index in [2.05, 4.69) is 10.5 Å². The molecule has 0 spiro atoms. The van der Waals surface area contributed by atoms with Crippen LogP contribution in [0.25, 0.3) is 0 Å². The zero-order valence-electron chi connectivity index (χ0n) is 11.7. The highest BCUT2D eigenvalue weighted by Crippen LogP contribution is 2.33. The van der Waals surface area contributed by atoms with Crippen LogP contribution in [0.3, 0.4) is 0 Å². The monoisotopic (exact) mass is 298 g/mol. The smallest absolute Gasteiger partial charge is 0.231 e. The van der Waals surface area contributed by atoms with Gasteiger partial charge in [-0.15, -0.1) is 0 Å². The van der Waals surface area contributed by atoms with Gasteiger partial charge < -0.3 is 24.4 Å². The molecule has 0 saturated carbocycles. The Labute approximate surface area is 127 Å². The molecular formula is C16H14N2O4. The maximum Gasteiger partial charge on any atom is 0.231 e. The van der Waals surface area contributed by atoms with E-state index >= 15 is 0 Å². The van der Waals surface area contributed by atoms with Gasteiger partial charge in [0.25, 0.3) is 0 Å². The molecule has 2 aromatic rings. The van der Waals surface area contributed by atoms with Crippen LogP contribution in [0, 0.1) is 0 Å². The topological polar surface area (TPSA) is 61.3 Å². The Morgan fingerprint density at radius 2 is 1.55 bits per heavy atom. The summed E-state index contributed by atoms with van der Waals surface area (Å²) in [5, 5.41) is 4.21. The number of hydrogen-bond donors (Lipinski definition) is 1.